The van der Waals surface area contributed by atoms with Gasteiger partial charge in [-0.15, -0.1) is 0 Å². The Morgan fingerprint density at radius 2 is 1.89 bits per heavy atom. The van der Waals surface area contributed by atoms with E-state index in [2.05, 4.69) is 15.9 Å². The lowest BCUT2D eigenvalue weighted by Gasteiger charge is -2.14. The molecule has 0 saturated heterocycles. The van der Waals surface area contributed by atoms with E-state index in [9.17, 15) is 9.50 Å². The maximum absolute atomic E-state index is 13.0. The van der Waals surface area contributed by atoms with Gasteiger partial charge in [0.15, 0.2) is 0 Å². The van der Waals surface area contributed by atoms with Gasteiger partial charge in [0, 0.05) is 20.9 Å². The average molecular weight is 364 g/mol. The van der Waals surface area contributed by atoms with Crippen molar-refractivity contribution in [2.45, 2.75) is 12.5 Å². The van der Waals surface area contributed by atoms with Crippen LogP contribution in [0.2, 0.25) is 10.0 Å². The van der Waals surface area contributed by atoms with Gasteiger partial charge in [-0.25, -0.2) is 4.39 Å². The first-order valence-corrected chi connectivity index (χ1v) is 7.09. The Labute approximate surface area is 129 Å². The molecule has 0 bridgehead atoms. The number of rotatable bonds is 3. The zero-order valence-corrected chi connectivity index (χ0v) is 12.8. The second kappa shape index (κ2) is 6.23. The molecule has 0 aliphatic heterocycles. The van der Waals surface area contributed by atoms with Crippen LogP contribution in [-0.2, 0) is 6.42 Å². The summed E-state index contributed by atoms with van der Waals surface area (Å²) in [6.07, 6.45) is -0.436. The molecule has 0 fully saturated rings. The van der Waals surface area contributed by atoms with Gasteiger partial charge in [-0.1, -0.05) is 51.3 Å². The molecular weight excluding hydrogens is 354 g/mol. The summed E-state index contributed by atoms with van der Waals surface area (Å²) in [6.45, 7) is 0. The molecule has 2 aromatic rings. The molecule has 0 aromatic heterocycles. The Bertz CT molecular complexity index is 604. The van der Waals surface area contributed by atoms with Crippen LogP contribution in [-0.4, -0.2) is 5.11 Å². The Kier molecular flexibility index (Phi) is 4.85. The van der Waals surface area contributed by atoms with Gasteiger partial charge in [-0.3, -0.25) is 0 Å². The second-order valence-corrected chi connectivity index (χ2v) is 5.82. The Balaban J connectivity index is 2.23. The Hall–Kier alpha value is -0.610. The highest BCUT2D eigenvalue weighted by Crippen LogP contribution is 2.30. The first-order chi connectivity index (χ1) is 8.97. The minimum Gasteiger partial charge on any atom is -0.388 e. The number of aliphatic hydroxyl groups is 1. The molecular formula is C14H10BrCl2FO. The maximum atomic E-state index is 13.0. The van der Waals surface area contributed by atoms with Crippen LogP contribution in [0.4, 0.5) is 4.39 Å². The Morgan fingerprint density at radius 1 is 1.16 bits per heavy atom. The van der Waals surface area contributed by atoms with E-state index < -0.39 is 6.10 Å². The monoisotopic (exact) mass is 362 g/mol. The van der Waals surface area contributed by atoms with Gasteiger partial charge in [0.25, 0.3) is 0 Å². The smallest absolute Gasteiger partial charge is 0.124 e. The molecule has 100 valence electrons. The van der Waals surface area contributed by atoms with Crippen molar-refractivity contribution in [3.8, 4) is 0 Å². The van der Waals surface area contributed by atoms with E-state index in [0.29, 0.717) is 26.5 Å². The molecule has 1 atom stereocenters. The van der Waals surface area contributed by atoms with Crippen LogP contribution in [0.15, 0.2) is 40.9 Å². The van der Waals surface area contributed by atoms with Gasteiger partial charge in [0.05, 0.1) is 6.10 Å². The molecule has 19 heavy (non-hydrogen) atoms. The lowest BCUT2D eigenvalue weighted by molar-refractivity contribution is 0.177. The fourth-order valence-electron chi connectivity index (χ4n) is 1.78. The summed E-state index contributed by atoms with van der Waals surface area (Å²) < 4.78 is 13.5. The van der Waals surface area contributed by atoms with Crippen LogP contribution in [0.25, 0.3) is 0 Å². The van der Waals surface area contributed by atoms with Crippen LogP contribution in [0.3, 0.4) is 0 Å². The quantitative estimate of drug-likeness (QED) is 0.797. The van der Waals surface area contributed by atoms with Gasteiger partial charge >= 0.3 is 0 Å². The zero-order chi connectivity index (χ0) is 14.0. The largest absolute Gasteiger partial charge is 0.388 e. The molecule has 0 aliphatic carbocycles. The number of hydrogen-bond donors (Lipinski definition) is 1. The topological polar surface area (TPSA) is 20.2 Å². The average Bonchev–Trinajstić information content (AvgIpc) is 2.32. The molecule has 1 unspecified atom stereocenters. The lowest BCUT2D eigenvalue weighted by atomic mass is 10.0. The molecule has 0 radical (unpaired) electrons. The number of benzene rings is 2. The van der Waals surface area contributed by atoms with Crippen LogP contribution in [0, 0.1) is 5.82 Å². The van der Waals surface area contributed by atoms with Gasteiger partial charge < -0.3 is 5.11 Å². The molecule has 2 rings (SSSR count). The fourth-order valence-corrected chi connectivity index (χ4v) is 2.88. The van der Waals surface area contributed by atoms with E-state index in [0.717, 1.165) is 5.56 Å². The molecule has 0 saturated carbocycles. The van der Waals surface area contributed by atoms with Crippen molar-refractivity contribution in [3.63, 3.8) is 0 Å². The first-order valence-electron chi connectivity index (χ1n) is 5.54. The Morgan fingerprint density at radius 3 is 2.53 bits per heavy atom. The summed E-state index contributed by atoms with van der Waals surface area (Å²) in [6, 6.07) is 9.30. The van der Waals surface area contributed by atoms with Crippen LogP contribution in [0.5, 0.6) is 0 Å². The molecule has 0 heterocycles. The minimum absolute atomic E-state index is 0.334. The maximum Gasteiger partial charge on any atom is 0.124 e. The molecule has 2 aromatic carbocycles. The highest BCUT2D eigenvalue weighted by molar-refractivity contribution is 9.10. The van der Waals surface area contributed by atoms with Crippen molar-refractivity contribution in [1.29, 1.82) is 0 Å². The molecule has 5 heteroatoms. The van der Waals surface area contributed by atoms with Crippen molar-refractivity contribution in [2.75, 3.05) is 0 Å². The summed E-state index contributed by atoms with van der Waals surface area (Å²) in [7, 11) is 0. The SMILES string of the molecule is OC(Cc1ccc(Cl)cc1Cl)c1ccc(F)cc1Br. The summed E-state index contributed by atoms with van der Waals surface area (Å²) in [4.78, 5) is 0. The first kappa shape index (κ1) is 14.8. The highest BCUT2D eigenvalue weighted by Gasteiger charge is 2.14. The van der Waals surface area contributed by atoms with E-state index in [1.54, 1.807) is 24.3 Å². The van der Waals surface area contributed by atoms with Crippen LogP contribution >= 0.6 is 39.1 Å². The van der Waals surface area contributed by atoms with Crippen molar-refractivity contribution >= 4 is 39.1 Å². The van der Waals surface area contributed by atoms with Gasteiger partial charge in [-0.05, 0) is 35.4 Å². The predicted molar refractivity (Wildman–Crippen MR) is 79.2 cm³/mol. The fraction of sp³-hybridized carbons (Fsp3) is 0.143. The van der Waals surface area contributed by atoms with Crippen LogP contribution < -0.4 is 0 Å². The van der Waals surface area contributed by atoms with Gasteiger partial charge in [0.2, 0.25) is 0 Å². The summed E-state index contributed by atoms with van der Waals surface area (Å²) in [5.74, 6) is -0.354. The van der Waals surface area contributed by atoms with Crippen molar-refractivity contribution in [3.05, 3.63) is 67.9 Å². The van der Waals surface area contributed by atoms with E-state index in [1.165, 1.54) is 12.1 Å². The third kappa shape index (κ3) is 3.69. The standard InChI is InChI=1S/C14H10BrCl2FO/c15-12-7-10(18)3-4-11(12)14(19)5-8-1-2-9(16)6-13(8)17/h1-4,6-7,14,19H,5H2. The molecule has 1 nitrogen and oxygen atoms in total. The molecule has 1 N–H and O–H groups in total. The summed E-state index contributed by atoms with van der Waals surface area (Å²) in [5, 5.41) is 11.2. The molecule has 0 aliphatic rings. The highest BCUT2D eigenvalue weighted by atomic mass is 79.9. The third-order valence-electron chi connectivity index (χ3n) is 2.75. The minimum atomic E-state index is -0.770. The van der Waals surface area contributed by atoms with E-state index >= 15 is 0 Å². The molecule has 0 amide bonds. The number of hydrogen-bond acceptors (Lipinski definition) is 1. The zero-order valence-electron chi connectivity index (χ0n) is 9.71. The van der Waals surface area contributed by atoms with E-state index in [-0.39, 0.29) is 5.82 Å². The van der Waals surface area contributed by atoms with E-state index in [1.807, 2.05) is 0 Å². The second-order valence-electron chi connectivity index (χ2n) is 4.12. The number of halogens is 4. The normalized spacial score (nSPS) is 12.5. The van der Waals surface area contributed by atoms with Crippen molar-refractivity contribution < 1.29 is 9.50 Å². The summed E-state index contributed by atoms with van der Waals surface area (Å²) in [5.41, 5.74) is 1.40. The molecule has 0 spiro atoms. The van der Waals surface area contributed by atoms with Gasteiger partial charge in [0.1, 0.15) is 5.82 Å². The van der Waals surface area contributed by atoms with Gasteiger partial charge in [-0.2, -0.15) is 0 Å². The third-order valence-corrected chi connectivity index (χ3v) is 4.02. The van der Waals surface area contributed by atoms with Crippen molar-refractivity contribution in [2.24, 2.45) is 0 Å². The van der Waals surface area contributed by atoms with Crippen LogP contribution in [0.1, 0.15) is 17.2 Å². The predicted octanol–water partition coefficient (Wildman–Crippen LogP) is 5.17. The summed E-state index contributed by atoms with van der Waals surface area (Å²) >= 11 is 15.1. The van der Waals surface area contributed by atoms with E-state index in [4.69, 9.17) is 23.2 Å². The van der Waals surface area contributed by atoms with Crippen molar-refractivity contribution in [1.82, 2.24) is 0 Å². The lowest BCUT2D eigenvalue weighted by Crippen LogP contribution is -2.03. The number of aliphatic hydroxyl groups excluding tert-OH is 1.